The Morgan fingerprint density at radius 2 is 2.14 bits per heavy atom. The summed E-state index contributed by atoms with van der Waals surface area (Å²) >= 11 is 0. The summed E-state index contributed by atoms with van der Waals surface area (Å²) in [4.78, 5) is 23.4. The molecule has 3 aromatic rings. The maximum absolute atomic E-state index is 13.7. The van der Waals surface area contributed by atoms with Crippen LogP contribution in [0.15, 0.2) is 48.8 Å². The van der Waals surface area contributed by atoms with Gasteiger partial charge in [0.1, 0.15) is 24.1 Å². The Labute approximate surface area is 204 Å². The smallest absolute Gasteiger partial charge is 0.248 e. The molecule has 1 amide bonds. The quantitative estimate of drug-likeness (QED) is 0.408. The minimum Gasteiger partial charge on any atom is -0.366 e. The highest BCUT2D eigenvalue weighted by Crippen LogP contribution is 2.29. The second-order valence-corrected chi connectivity index (χ2v) is 8.65. The monoisotopic (exact) mass is 473 g/mol. The summed E-state index contributed by atoms with van der Waals surface area (Å²) in [7, 11) is 3.86. The molecule has 1 fully saturated rings. The molecule has 8 heteroatoms. The number of halogens is 1. The van der Waals surface area contributed by atoms with Gasteiger partial charge in [0.15, 0.2) is 0 Å². The summed E-state index contributed by atoms with van der Waals surface area (Å²) in [5.74, 6) is 6.33. The Hall–Kier alpha value is -3.80. The first-order valence-electron chi connectivity index (χ1n) is 11.5. The van der Waals surface area contributed by atoms with Gasteiger partial charge >= 0.3 is 0 Å². The molecule has 1 unspecified atom stereocenters. The number of aryl methyl sites for hydroxylation is 1. The van der Waals surface area contributed by atoms with Crippen molar-refractivity contribution in [1.29, 1.82) is 0 Å². The van der Waals surface area contributed by atoms with E-state index in [-0.39, 0.29) is 17.8 Å². The van der Waals surface area contributed by atoms with Crippen LogP contribution in [0, 0.1) is 24.6 Å². The summed E-state index contributed by atoms with van der Waals surface area (Å²) in [6.45, 7) is 3.06. The van der Waals surface area contributed by atoms with Gasteiger partial charge in [0, 0.05) is 30.3 Å². The van der Waals surface area contributed by atoms with Crippen LogP contribution in [0.5, 0.6) is 0 Å². The molecule has 7 nitrogen and oxygen atoms in total. The van der Waals surface area contributed by atoms with Crippen molar-refractivity contribution in [2.45, 2.75) is 25.9 Å². The van der Waals surface area contributed by atoms with Gasteiger partial charge in [-0.2, -0.15) is 0 Å². The maximum Gasteiger partial charge on any atom is 0.248 e. The van der Waals surface area contributed by atoms with Crippen molar-refractivity contribution >= 4 is 34.0 Å². The van der Waals surface area contributed by atoms with Crippen molar-refractivity contribution in [3.8, 4) is 11.8 Å². The minimum atomic E-state index is -0.273. The molecule has 2 N–H and O–H groups in total. The largest absolute Gasteiger partial charge is 0.366 e. The Bertz CT molecular complexity index is 1320. The Balaban J connectivity index is 1.71. The van der Waals surface area contributed by atoms with Crippen molar-refractivity contribution < 1.29 is 13.9 Å². The van der Waals surface area contributed by atoms with Crippen LogP contribution in [0.1, 0.15) is 24.0 Å². The third-order valence-corrected chi connectivity index (χ3v) is 5.49. The van der Waals surface area contributed by atoms with Gasteiger partial charge in [0.25, 0.3) is 0 Å². The van der Waals surface area contributed by atoms with Crippen LogP contribution >= 0.6 is 0 Å². The maximum atomic E-state index is 13.7. The van der Waals surface area contributed by atoms with E-state index in [0.717, 1.165) is 12.8 Å². The molecule has 35 heavy (non-hydrogen) atoms. The molecule has 1 saturated heterocycles. The van der Waals surface area contributed by atoms with Crippen molar-refractivity contribution in [3.05, 3.63) is 65.8 Å². The molecule has 1 aliphatic heterocycles. The molecule has 0 radical (unpaired) electrons. The normalized spacial score (nSPS) is 15.4. The van der Waals surface area contributed by atoms with Gasteiger partial charge in [-0.25, -0.2) is 14.4 Å². The summed E-state index contributed by atoms with van der Waals surface area (Å²) in [6.07, 6.45) is 6.52. The molecule has 4 rings (SSSR count). The first-order chi connectivity index (χ1) is 16.9. The molecule has 0 saturated carbocycles. The van der Waals surface area contributed by atoms with Gasteiger partial charge in [-0.3, -0.25) is 4.79 Å². The standard InChI is InChI=1S/C27H28FN5O2/c1-18-14-20(9-11-23(18)28)31-27-22-16-24(32-26(34)7-4-12-33(2)3)19(15-25(22)29-17-30-27)8-10-21-6-5-13-35-21/h4,7,9,11,14-17,21H,5-6,12-13H2,1-3H3,(H,32,34)(H,29,30,31). The lowest BCUT2D eigenvalue weighted by Gasteiger charge is -2.12. The number of carbonyl (C=O) groups excluding carboxylic acids is 1. The summed E-state index contributed by atoms with van der Waals surface area (Å²) in [6, 6.07) is 8.41. The van der Waals surface area contributed by atoms with Crippen molar-refractivity contribution in [2.75, 3.05) is 37.9 Å². The van der Waals surface area contributed by atoms with Gasteiger partial charge in [-0.15, -0.1) is 0 Å². The number of carbonyl (C=O) groups is 1. The van der Waals surface area contributed by atoms with Gasteiger partial charge in [-0.1, -0.05) is 17.9 Å². The van der Waals surface area contributed by atoms with Crippen LogP contribution in [0.25, 0.3) is 10.9 Å². The number of nitrogens with one attached hydrogen (secondary N) is 2. The van der Waals surface area contributed by atoms with E-state index in [1.54, 1.807) is 25.1 Å². The van der Waals surface area contributed by atoms with E-state index in [0.29, 0.717) is 52.4 Å². The summed E-state index contributed by atoms with van der Waals surface area (Å²) in [5, 5.41) is 6.87. The van der Waals surface area contributed by atoms with Crippen molar-refractivity contribution in [2.24, 2.45) is 0 Å². The van der Waals surface area contributed by atoms with E-state index in [9.17, 15) is 9.18 Å². The summed E-state index contributed by atoms with van der Waals surface area (Å²) < 4.78 is 19.3. The summed E-state index contributed by atoms with van der Waals surface area (Å²) in [5.41, 5.74) is 3.08. The number of hydrogen-bond acceptors (Lipinski definition) is 6. The fourth-order valence-corrected chi connectivity index (χ4v) is 3.66. The third kappa shape index (κ3) is 6.41. The number of ether oxygens (including phenoxy) is 1. The fourth-order valence-electron chi connectivity index (χ4n) is 3.66. The number of aromatic nitrogens is 2. The van der Waals surface area contributed by atoms with Gasteiger partial charge in [-0.05, 0) is 69.8 Å². The first-order valence-corrected chi connectivity index (χ1v) is 11.5. The molecule has 180 valence electrons. The molecule has 0 spiro atoms. The van der Waals surface area contributed by atoms with Crippen LogP contribution < -0.4 is 10.6 Å². The van der Waals surface area contributed by atoms with E-state index in [1.807, 2.05) is 31.1 Å². The average molecular weight is 474 g/mol. The third-order valence-electron chi connectivity index (χ3n) is 5.49. The minimum absolute atomic E-state index is 0.112. The van der Waals surface area contributed by atoms with Crippen molar-refractivity contribution in [1.82, 2.24) is 14.9 Å². The first kappa shape index (κ1) is 24.3. The van der Waals surface area contributed by atoms with Gasteiger partial charge < -0.3 is 20.3 Å². The number of rotatable bonds is 6. The highest BCUT2D eigenvalue weighted by atomic mass is 19.1. The van der Waals surface area contributed by atoms with E-state index in [4.69, 9.17) is 4.74 Å². The number of nitrogens with zero attached hydrogens (tertiary/aromatic N) is 3. The second kappa shape index (κ2) is 11.1. The highest BCUT2D eigenvalue weighted by Gasteiger charge is 2.14. The number of benzene rings is 2. The molecule has 1 aromatic heterocycles. The van der Waals surface area contributed by atoms with E-state index in [2.05, 4.69) is 32.4 Å². The van der Waals surface area contributed by atoms with Gasteiger partial charge in [0.2, 0.25) is 5.91 Å². The Kier molecular flexibility index (Phi) is 7.70. The zero-order valence-electron chi connectivity index (χ0n) is 20.1. The molecule has 2 heterocycles. The fraction of sp³-hybridized carbons (Fsp3) is 0.296. The molecule has 2 aromatic carbocycles. The molecule has 1 atom stereocenters. The molecule has 1 aliphatic rings. The molecule has 0 aliphatic carbocycles. The zero-order valence-corrected chi connectivity index (χ0v) is 20.1. The lowest BCUT2D eigenvalue weighted by molar-refractivity contribution is -0.111. The lowest BCUT2D eigenvalue weighted by Crippen LogP contribution is -2.13. The van der Waals surface area contributed by atoms with E-state index >= 15 is 0 Å². The number of fused-ring (bicyclic) bond motifs is 1. The van der Waals surface area contributed by atoms with Gasteiger partial charge in [0.05, 0.1) is 16.8 Å². The second-order valence-electron chi connectivity index (χ2n) is 8.65. The topological polar surface area (TPSA) is 79.4 Å². The number of likely N-dealkylation sites (N-methyl/N-ethyl adjacent to an activating group) is 1. The van der Waals surface area contributed by atoms with Crippen LogP contribution in [-0.2, 0) is 9.53 Å². The number of amides is 1. The predicted molar refractivity (Wildman–Crippen MR) is 136 cm³/mol. The van der Waals surface area contributed by atoms with Crippen molar-refractivity contribution in [3.63, 3.8) is 0 Å². The molecular weight excluding hydrogens is 445 g/mol. The number of hydrogen-bond donors (Lipinski definition) is 2. The lowest BCUT2D eigenvalue weighted by atomic mass is 10.1. The SMILES string of the molecule is Cc1cc(Nc2ncnc3cc(C#CC4CCCO4)c(NC(=O)C=CCN(C)C)cc23)ccc1F. The number of anilines is 3. The van der Waals surface area contributed by atoms with Crippen LogP contribution in [0.2, 0.25) is 0 Å². The van der Waals surface area contributed by atoms with Crippen LogP contribution in [-0.4, -0.2) is 54.1 Å². The highest BCUT2D eigenvalue weighted by molar-refractivity contribution is 6.03. The Morgan fingerprint density at radius 3 is 2.89 bits per heavy atom. The van der Waals surface area contributed by atoms with Crippen LogP contribution in [0.3, 0.4) is 0 Å². The Morgan fingerprint density at radius 1 is 1.29 bits per heavy atom. The zero-order chi connectivity index (χ0) is 24.8. The van der Waals surface area contributed by atoms with E-state index in [1.165, 1.54) is 18.5 Å². The average Bonchev–Trinajstić information content (AvgIpc) is 3.34. The predicted octanol–water partition coefficient (Wildman–Crippen LogP) is 4.41. The molecule has 0 bridgehead atoms. The molecular formula is C27H28FN5O2. The van der Waals surface area contributed by atoms with Crippen LogP contribution in [0.4, 0.5) is 21.6 Å². The van der Waals surface area contributed by atoms with E-state index < -0.39 is 0 Å².